The Morgan fingerprint density at radius 3 is 2.50 bits per heavy atom. The summed E-state index contributed by atoms with van der Waals surface area (Å²) in [6.07, 6.45) is 4.88. The van der Waals surface area contributed by atoms with Gasteiger partial charge in [-0.1, -0.05) is 37.5 Å². The molecule has 1 fully saturated rings. The van der Waals surface area contributed by atoms with E-state index in [9.17, 15) is 18.5 Å². The minimum absolute atomic E-state index is 0.0310. The number of nitro benzene ring substituents is 1. The third-order valence-corrected chi connectivity index (χ3v) is 4.87. The van der Waals surface area contributed by atoms with Crippen LogP contribution < -0.4 is 4.72 Å². The molecule has 1 aliphatic rings. The minimum Gasteiger partial charge on any atom is -0.258 e. The molecule has 0 atom stereocenters. The fourth-order valence-electron chi connectivity index (χ4n) is 2.53. The maximum atomic E-state index is 12.1. The first-order valence-electron chi connectivity index (χ1n) is 6.70. The second-order valence-electron chi connectivity index (χ2n) is 5.10. The first-order chi connectivity index (χ1) is 9.48. The maximum Gasteiger partial charge on any atom is 0.273 e. The van der Waals surface area contributed by atoms with Gasteiger partial charge < -0.3 is 0 Å². The summed E-state index contributed by atoms with van der Waals surface area (Å²) >= 11 is 0. The highest BCUT2D eigenvalue weighted by atomic mass is 32.2. The molecule has 0 spiro atoms. The minimum atomic E-state index is -3.54. The van der Waals surface area contributed by atoms with Crippen LogP contribution in [-0.2, 0) is 15.8 Å². The number of hydrogen-bond donors (Lipinski definition) is 1. The number of nitro groups is 1. The van der Waals surface area contributed by atoms with Crippen molar-refractivity contribution in [1.82, 2.24) is 4.72 Å². The molecule has 1 N–H and O–H groups in total. The molecule has 1 saturated carbocycles. The smallest absolute Gasteiger partial charge is 0.258 e. The van der Waals surface area contributed by atoms with E-state index < -0.39 is 14.9 Å². The molecule has 20 heavy (non-hydrogen) atoms. The van der Waals surface area contributed by atoms with Gasteiger partial charge in [-0.2, -0.15) is 0 Å². The summed E-state index contributed by atoms with van der Waals surface area (Å²) in [5.74, 6) is -0.347. The largest absolute Gasteiger partial charge is 0.273 e. The average Bonchev–Trinajstić information content (AvgIpc) is 2.39. The Balaban J connectivity index is 2.10. The Hall–Kier alpha value is -1.47. The predicted octanol–water partition coefficient (Wildman–Crippen LogP) is 2.35. The molecule has 7 heteroatoms. The van der Waals surface area contributed by atoms with Gasteiger partial charge in [0.05, 0.1) is 10.7 Å². The van der Waals surface area contributed by atoms with E-state index in [2.05, 4.69) is 4.72 Å². The third-order valence-electron chi connectivity index (χ3n) is 3.49. The Bertz CT molecular complexity index is 580. The van der Waals surface area contributed by atoms with Crippen LogP contribution in [0.4, 0.5) is 5.69 Å². The molecule has 0 bridgehead atoms. The van der Waals surface area contributed by atoms with Crippen LogP contribution >= 0.6 is 0 Å². The lowest BCUT2D eigenvalue weighted by molar-refractivity contribution is -0.385. The second kappa shape index (κ2) is 6.32. The van der Waals surface area contributed by atoms with Gasteiger partial charge in [0.1, 0.15) is 0 Å². The van der Waals surface area contributed by atoms with Crippen LogP contribution in [0.1, 0.15) is 37.7 Å². The van der Waals surface area contributed by atoms with Crippen LogP contribution in [-0.4, -0.2) is 19.4 Å². The zero-order valence-electron chi connectivity index (χ0n) is 11.1. The summed E-state index contributed by atoms with van der Waals surface area (Å²) in [6.45, 7) is 0. The van der Waals surface area contributed by atoms with Gasteiger partial charge in [-0.3, -0.25) is 10.1 Å². The summed E-state index contributed by atoms with van der Waals surface area (Å²) in [4.78, 5) is 10.3. The first kappa shape index (κ1) is 14.9. The summed E-state index contributed by atoms with van der Waals surface area (Å²) in [5.41, 5.74) is 0.0716. The zero-order chi connectivity index (χ0) is 14.6. The van der Waals surface area contributed by atoms with Gasteiger partial charge in [0.2, 0.25) is 10.0 Å². The van der Waals surface area contributed by atoms with Crippen molar-refractivity contribution in [2.75, 3.05) is 0 Å². The number of hydrogen-bond acceptors (Lipinski definition) is 4. The highest BCUT2D eigenvalue weighted by molar-refractivity contribution is 7.88. The molecule has 0 radical (unpaired) electrons. The second-order valence-corrected chi connectivity index (χ2v) is 6.85. The number of sulfonamides is 1. The molecule has 0 heterocycles. The Labute approximate surface area is 118 Å². The van der Waals surface area contributed by atoms with Crippen LogP contribution in [0.15, 0.2) is 24.3 Å². The third kappa shape index (κ3) is 4.01. The number of benzene rings is 1. The van der Waals surface area contributed by atoms with Crippen molar-refractivity contribution in [1.29, 1.82) is 0 Å². The molecular weight excluding hydrogens is 280 g/mol. The lowest BCUT2D eigenvalue weighted by atomic mass is 9.96. The quantitative estimate of drug-likeness (QED) is 0.667. The highest BCUT2D eigenvalue weighted by Crippen LogP contribution is 2.22. The van der Waals surface area contributed by atoms with Crippen molar-refractivity contribution in [3.8, 4) is 0 Å². The van der Waals surface area contributed by atoms with E-state index in [1.54, 1.807) is 6.07 Å². The Kier molecular flexibility index (Phi) is 4.72. The van der Waals surface area contributed by atoms with Crippen LogP contribution in [0.3, 0.4) is 0 Å². The number of nitrogens with zero attached hydrogens (tertiary/aromatic N) is 1. The number of para-hydroxylation sites is 1. The van der Waals surface area contributed by atoms with E-state index in [1.807, 2.05) is 0 Å². The van der Waals surface area contributed by atoms with Gasteiger partial charge in [0, 0.05) is 17.7 Å². The first-order valence-corrected chi connectivity index (χ1v) is 8.35. The van der Waals surface area contributed by atoms with Crippen molar-refractivity contribution >= 4 is 15.7 Å². The van der Waals surface area contributed by atoms with E-state index in [0.29, 0.717) is 0 Å². The van der Waals surface area contributed by atoms with E-state index in [-0.39, 0.29) is 23.0 Å². The summed E-state index contributed by atoms with van der Waals surface area (Å²) in [7, 11) is -3.54. The molecule has 6 nitrogen and oxygen atoms in total. The molecule has 0 unspecified atom stereocenters. The van der Waals surface area contributed by atoms with Gasteiger partial charge in [-0.05, 0) is 12.8 Å². The molecule has 0 aliphatic heterocycles. The van der Waals surface area contributed by atoms with Crippen molar-refractivity contribution < 1.29 is 13.3 Å². The van der Waals surface area contributed by atoms with Crippen molar-refractivity contribution in [2.45, 2.75) is 43.9 Å². The zero-order valence-corrected chi connectivity index (χ0v) is 11.9. The van der Waals surface area contributed by atoms with Gasteiger partial charge in [-0.25, -0.2) is 13.1 Å². The summed E-state index contributed by atoms with van der Waals surface area (Å²) in [6, 6.07) is 5.92. The molecule has 0 saturated heterocycles. The fraction of sp³-hybridized carbons (Fsp3) is 0.538. The molecule has 0 aromatic heterocycles. The lowest BCUT2D eigenvalue weighted by Crippen LogP contribution is -2.36. The predicted molar refractivity (Wildman–Crippen MR) is 75.7 cm³/mol. The molecular formula is C13H18N2O4S. The Morgan fingerprint density at radius 1 is 1.20 bits per heavy atom. The molecule has 0 amide bonds. The molecule has 2 rings (SSSR count). The molecule has 1 aliphatic carbocycles. The monoisotopic (exact) mass is 298 g/mol. The SMILES string of the molecule is O=[N+]([O-])c1ccccc1CS(=O)(=O)NC1CCCCC1. The van der Waals surface area contributed by atoms with Crippen LogP contribution in [0.5, 0.6) is 0 Å². The fourth-order valence-corrected chi connectivity index (χ4v) is 4.01. The normalized spacial score (nSPS) is 17.0. The van der Waals surface area contributed by atoms with E-state index in [0.717, 1.165) is 32.1 Å². The lowest BCUT2D eigenvalue weighted by Gasteiger charge is -2.22. The molecule has 1 aromatic rings. The van der Waals surface area contributed by atoms with Crippen LogP contribution in [0, 0.1) is 10.1 Å². The number of nitrogens with one attached hydrogen (secondary N) is 1. The topological polar surface area (TPSA) is 89.3 Å². The van der Waals surface area contributed by atoms with Crippen molar-refractivity contribution in [3.05, 3.63) is 39.9 Å². The highest BCUT2D eigenvalue weighted by Gasteiger charge is 2.23. The van der Waals surface area contributed by atoms with Crippen molar-refractivity contribution in [2.24, 2.45) is 0 Å². The van der Waals surface area contributed by atoms with Crippen LogP contribution in [0.2, 0.25) is 0 Å². The summed E-state index contributed by atoms with van der Waals surface area (Å²) < 4.78 is 26.9. The standard InChI is InChI=1S/C13H18N2O4S/c16-15(17)13-9-5-4-6-11(13)10-20(18,19)14-12-7-2-1-3-8-12/h4-6,9,12,14H,1-3,7-8,10H2. The number of rotatable bonds is 5. The molecule has 1 aromatic carbocycles. The van der Waals surface area contributed by atoms with Gasteiger partial charge >= 0.3 is 0 Å². The summed E-state index contributed by atoms with van der Waals surface area (Å²) in [5, 5.41) is 10.9. The Morgan fingerprint density at radius 2 is 1.85 bits per heavy atom. The van der Waals surface area contributed by atoms with Gasteiger partial charge in [-0.15, -0.1) is 0 Å². The van der Waals surface area contributed by atoms with Crippen LogP contribution in [0.25, 0.3) is 0 Å². The van der Waals surface area contributed by atoms with E-state index in [4.69, 9.17) is 0 Å². The van der Waals surface area contributed by atoms with E-state index in [1.165, 1.54) is 18.2 Å². The molecule has 110 valence electrons. The average molecular weight is 298 g/mol. The maximum absolute atomic E-state index is 12.1. The van der Waals surface area contributed by atoms with Gasteiger partial charge in [0.15, 0.2) is 0 Å². The van der Waals surface area contributed by atoms with E-state index >= 15 is 0 Å². The van der Waals surface area contributed by atoms with Crippen molar-refractivity contribution in [3.63, 3.8) is 0 Å². The van der Waals surface area contributed by atoms with Gasteiger partial charge in [0.25, 0.3) is 5.69 Å².